The van der Waals surface area contributed by atoms with Crippen LogP contribution >= 0.6 is 22.6 Å². The lowest BCUT2D eigenvalue weighted by molar-refractivity contribution is -0.139. The molecule has 0 aliphatic rings. The summed E-state index contributed by atoms with van der Waals surface area (Å²) in [4.78, 5) is 20.5. The topological polar surface area (TPSA) is 52.6 Å². The lowest BCUT2D eigenvalue weighted by Crippen LogP contribution is -2.11. The predicted molar refractivity (Wildman–Crippen MR) is 41.7 cm³/mol. The third-order valence-electron chi connectivity index (χ3n) is 0.513. The van der Waals surface area contributed by atoms with E-state index in [0.717, 1.165) is 6.26 Å². The molecule has 0 saturated carbocycles. The standard InChI is InChI=1S/C5H5IO4/c1-2-9-3-4(7)10-5(6)8/h2H,1,3H2. The molecule has 0 unspecified atom stereocenters. The van der Waals surface area contributed by atoms with Gasteiger partial charge in [-0.25, -0.2) is 9.59 Å². The summed E-state index contributed by atoms with van der Waals surface area (Å²) in [5.41, 5.74) is 0. The van der Waals surface area contributed by atoms with Crippen molar-refractivity contribution in [2.24, 2.45) is 0 Å². The van der Waals surface area contributed by atoms with Crippen molar-refractivity contribution >= 4 is 32.5 Å². The first-order chi connectivity index (χ1) is 4.66. The molecule has 56 valence electrons. The molecule has 0 amide bonds. The Hall–Kier alpha value is -0.590. The molecule has 0 rings (SSSR count). The van der Waals surface area contributed by atoms with Crippen molar-refractivity contribution in [2.75, 3.05) is 6.61 Å². The van der Waals surface area contributed by atoms with Crippen molar-refractivity contribution < 1.29 is 19.1 Å². The Labute approximate surface area is 71.3 Å². The van der Waals surface area contributed by atoms with Crippen LogP contribution in [0.3, 0.4) is 0 Å². The van der Waals surface area contributed by atoms with Crippen LogP contribution < -0.4 is 0 Å². The average molecular weight is 256 g/mol. The molecule has 0 N–H and O–H groups in total. The maximum Gasteiger partial charge on any atom is 0.374 e. The molecule has 0 fully saturated rings. The summed E-state index contributed by atoms with van der Waals surface area (Å²) in [5.74, 6) is -0.723. The largest absolute Gasteiger partial charge is 0.490 e. The molecule has 0 aliphatic heterocycles. The van der Waals surface area contributed by atoms with Crippen LogP contribution in [0.1, 0.15) is 0 Å². The quantitative estimate of drug-likeness (QED) is 0.250. The second-order valence-electron chi connectivity index (χ2n) is 1.19. The summed E-state index contributed by atoms with van der Waals surface area (Å²) in [7, 11) is 0. The molecular formula is C5H5IO4. The Balaban J connectivity index is 3.43. The second-order valence-corrected chi connectivity index (χ2v) is 2.07. The van der Waals surface area contributed by atoms with Crippen molar-refractivity contribution in [3.8, 4) is 0 Å². The van der Waals surface area contributed by atoms with Crippen LogP contribution in [-0.2, 0) is 14.3 Å². The Morgan fingerprint density at radius 1 is 1.60 bits per heavy atom. The van der Waals surface area contributed by atoms with E-state index in [1.807, 2.05) is 0 Å². The molecule has 4 nitrogen and oxygen atoms in total. The van der Waals surface area contributed by atoms with Crippen molar-refractivity contribution in [3.05, 3.63) is 12.8 Å². The van der Waals surface area contributed by atoms with Crippen LogP contribution in [0.4, 0.5) is 4.79 Å². The Bertz CT molecular complexity index is 154. The minimum absolute atomic E-state index is 0.280. The monoisotopic (exact) mass is 256 g/mol. The molecule has 0 radical (unpaired) electrons. The lowest BCUT2D eigenvalue weighted by Gasteiger charge is -1.96. The molecule has 10 heavy (non-hydrogen) atoms. The van der Waals surface area contributed by atoms with Gasteiger partial charge in [-0.2, -0.15) is 0 Å². The number of carbonyl (C=O) groups is 2. The summed E-state index contributed by atoms with van der Waals surface area (Å²) in [5, 5.41) is 0. The first kappa shape index (κ1) is 9.41. The van der Waals surface area contributed by atoms with Crippen LogP contribution in [0.5, 0.6) is 0 Å². The zero-order valence-corrected chi connectivity index (χ0v) is 7.16. The zero-order valence-electron chi connectivity index (χ0n) is 5.00. The lowest BCUT2D eigenvalue weighted by atomic mass is 10.7. The fourth-order valence-electron chi connectivity index (χ4n) is 0.246. The van der Waals surface area contributed by atoms with E-state index in [-0.39, 0.29) is 6.61 Å². The number of hydrogen-bond acceptors (Lipinski definition) is 4. The van der Waals surface area contributed by atoms with E-state index >= 15 is 0 Å². The van der Waals surface area contributed by atoms with Crippen molar-refractivity contribution in [3.63, 3.8) is 0 Å². The van der Waals surface area contributed by atoms with Crippen molar-refractivity contribution in [1.82, 2.24) is 0 Å². The number of rotatable bonds is 3. The van der Waals surface area contributed by atoms with E-state index in [2.05, 4.69) is 16.1 Å². The van der Waals surface area contributed by atoms with Gasteiger partial charge in [-0.3, -0.25) is 0 Å². The van der Waals surface area contributed by atoms with Gasteiger partial charge in [-0.15, -0.1) is 0 Å². The summed E-state index contributed by atoms with van der Waals surface area (Å²) in [6, 6.07) is 0. The fraction of sp³-hybridized carbons (Fsp3) is 0.200. The van der Waals surface area contributed by atoms with Gasteiger partial charge < -0.3 is 9.47 Å². The van der Waals surface area contributed by atoms with E-state index in [4.69, 9.17) is 0 Å². The number of hydrogen-bond donors (Lipinski definition) is 0. The van der Waals surface area contributed by atoms with Crippen LogP contribution in [-0.4, -0.2) is 16.6 Å². The van der Waals surface area contributed by atoms with E-state index < -0.39 is 9.95 Å². The summed E-state index contributed by atoms with van der Waals surface area (Å²) < 4.78 is 7.85. The summed E-state index contributed by atoms with van der Waals surface area (Å²) in [6.45, 7) is 2.92. The van der Waals surface area contributed by atoms with Gasteiger partial charge >= 0.3 is 9.95 Å². The number of halogens is 1. The normalized spacial score (nSPS) is 8.10. The third-order valence-corrected chi connectivity index (χ3v) is 0.733. The first-order valence-electron chi connectivity index (χ1n) is 2.29. The van der Waals surface area contributed by atoms with Crippen LogP contribution in [0.15, 0.2) is 12.8 Å². The maximum absolute atomic E-state index is 10.4. The molecule has 0 spiro atoms. The average Bonchev–Trinajstić information content (AvgIpc) is 1.82. The fourth-order valence-corrected chi connectivity index (χ4v) is 0.492. The third kappa shape index (κ3) is 5.54. The van der Waals surface area contributed by atoms with Crippen molar-refractivity contribution in [1.29, 1.82) is 0 Å². The van der Waals surface area contributed by atoms with Gasteiger partial charge in [0.25, 0.3) is 0 Å². The highest BCUT2D eigenvalue weighted by Crippen LogP contribution is 1.92. The highest BCUT2D eigenvalue weighted by atomic mass is 127. The zero-order chi connectivity index (χ0) is 7.98. The van der Waals surface area contributed by atoms with Gasteiger partial charge in [0.15, 0.2) is 6.61 Å². The molecule has 0 bridgehead atoms. The van der Waals surface area contributed by atoms with Crippen LogP contribution in [0, 0.1) is 0 Å². The molecule has 0 atom stereocenters. The van der Waals surface area contributed by atoms with Crippen LogP contribution in [0.25, 0.3) is 0 Å². The molecule has 5 heteroatoms. The Kier molecular flexibility index (Phi) is 4.91. The Morgan fingerprint density at radius 2 is 2.20 bits per heavy atom. The van der Waals surface area contributed by atoms with Crippen molar-refractivity contribution in [2.45, 2.75) is 0 Å². The molecule has 0 aromatic heterocycles. The van der Waals surface area contributed by atoms with Crippen LogP contribution in [0.2, 0.25) is 0 Å². The molecular weight excluding hydrogens is 251 g/mol. The van der Waals surface area contributed by atoms with E-state index in [9.17, 15) is 9.59 Å². The molecule has 0 aromatic rings. The van der Waals surface area contributed by atoms with E-state index in [0.29, 0.717) is 0 Å². The summed E-state index contributed by atoms with van der Waals surface area (Å²) in [6.07, 6.45) is 1.10. The van der Waals surface area contributed by atoms with Gasteiger partial charge in [-0.1, -0.05) is 6.58 Å². The van der Waals surface area contributed by atoms with Gasteiger partial charge in [-0.05, 0) is 0 Å². The van der Waals surface area contributed by atoms with E-state index in [1.54, 1.807) is 0 Å². The first-order valence-corrected chi connectivity index (χ1v) is 3.37. The predicted octanol–water partition coefficient (Wildman–Crippen LogP) is 1.24. The maximum atomic E-state index is 10.4. The van der Waals surface area contributed by atoms with Gasteiger partial charge in [0, 0.05) is 0 Å². The Morgan fingerprint density at radius 3 is 2.60 bits per heavy atom. The van der Waals surface area contributed by atoms with E-state index in [1.165, 1.54) is 22.6 Å². The molecule has 0 aliphatic carbocycles. The smallest absolute Gasteiger partial charge is 0.374 e. The number of ether oxygens (including phenoxy) is 2. The molecule has 0 heterocycles. The minimum atomic E-state index is -0.723. The molecule has 0 aromatic carbocycles. The minimum Gasteiger partial charge on any atom is -0.490 e. The van der Waals surface area contributed by atoms with Gasteiger partial charge in [0.1, 0.15) is 0 Å². The van der Waals surface area contributed by atoms with Gasteiger partial charge in [0.05, 0.1) is 28.9 Å². The highest BCUT2D eigenvalue weighted by molar-refractivity contribution is 14.1. The van der Waals surface area contributed by atoms with Gasteiger partial charge in [0.2, 0.25) is 0 Å². The number of esters is 1. The highest BCUT2D eigenvalue weighted by Gasteiger charge is 2.05. The second kappa shape index (κ2) is 5.21. The summed E-state index contributed by atoms with van der Waals surface area (Å²) >= 11 is 1.35. The molecule has 0 saturated heterocycles. The number of carbonyl (C=O) groups excluding carboxylic acids is 2. The SMILES string of the molecule is C=COCC(=O)OC(=O)I.